The molecule has 0 unspecified atom stereocenters. The fraction of sp³-hybridized carbons (Fsp3) is 0.0526. The number of nitrogens with one attached hydrogen (secondary N) is 2. The van der Waals surface area contributed by atoms with Gasteiger partial charge in [0.15, 0.2) is 11.6 Å². The molecule has 11 heteroatoms. The lowest BCUT2D eigenvalue weighted by molar-refractivity contribution is -0.137. The zero-order valence-corrected chi connectivity index (χ0v) is 15.8. The molecular formula is C19H13ClF3N7. The fourth-order valence-electron chi connectivity index (χ4n) is 2.72. The third-order valence-electron chi connectivity index (χ3n) is 4.18. The minimum atomic E-state index is -4.55. The Balaban J connectivity index is 1.64. The van der Waals surface area contributed by atoms with Gasteiger partial charge in [-0.05, 0) is 18.2 Å². The number of nitrogens with two attached hydrogens (primary N) is 1. The predicted molar refractivity (Wildman–Crippen MR) is 109 cm³/mol. The number of aromatic nitrogens is 4. The number of rotatable bonds is 4. The average molecular weight is 432 g/mol. The number of alkyl halides is 3. The Morgan fingerprint density at radius 1 is 0.900 bits per heavy atom. The summed E-state index contributed by atoms with van der Waals surface area (Å²) >= 11 is 5.94. The van der Waals surface area contributed by atoms with Gasteiger partial charge >= 0.3 is 6.18 Å². The second kappa shape index (κ2) is 7.64. The monoisotopic (exact) mass is 431 g/mol. The maximum Gasteiger partial charge on any atom is 0.417 e. The SMILES string of the molecule is Nc1c(Nc2ncc(C(F)(F)F)cc2Cl)ncnc1Nc1cccc2cccnc12. The first kappa shape index (κ1) is 19.6. The first-order valence-corrected chi connectivity index (χ1v) is 8.92. The standard InChI is InChI=1S/C19H13ClF3N7/c20-12-7-11(19(21,22)23)8-26-16(12)30-18-14(24)17(27-9-28-18)29-13-5-1-3-10-4-2-6-25-15(10)13/h1-9H,24H2,(H2,26,27,28,29,30). The van der Waals surface area contributed by atoms with Crippen LogP contribution in [0.3, 0.4) is 0 Å². The highest BCUT2D eigenvalue weighted by atomic mass is 35.5. The maximum absolute atomic E-state index is 12.8. The van der Waals surface area contributed by atoms with E-state index in [0.29, 0.717) is 11.9 Å². The van der Waals surface area contributed by atoms with Gasteiger partial charge in [-0.2, -0.15) is 13.2 Å². The minimum Gasteiger partial charge on any atom is -0.393 e. The van der Waals surface area contributed by atoms with Crippen LogP contribution in [0.4, 0.5) is 42.0 Å². The highest BCUT2D eigenvalue weighted by Gasteiger charge is 2.31. The van der Waals surface area contributed by atoms with Gasteiger partial charge in [-0.15, -0.1) is 0 Å². The summed E-state index contributed by atoms with van der Waals surface area (Å²) < 4.78 is 38.4. The molecule has 0 aliphatic carbocycles. The van der Waals surface area contributed by atoms with E-state index in [4.69, 9.17) is 17.3 Å². The number of para-hydroxylation sites is 1. The number of anilines is 5. The third-order valence-corrected chi connectivity index (χ3v) is 4.46. The van der Waals surface area contributed by atoms with Crippen molar-refractivity contribution < 1.29 is 13.2 Å². The lowest BCUT2D eigenvalue weighted by Crippen LogP contribution is -2.08. The second-order valence-corrected chi connectivity index (χ2v) is 6.57. The number of nitrogens with zero attached hydrogens (tertiary/aromatic N) is 4. The van der Waals surface area contributed by atoms with Crippen LogP contribution in [0.25, 0.3) is 10.9 Å². The lowest BCUT2D eigenvalue weighted by Gasteiger charge is -2.14. The predicted octanol–water partition coefficient (Wildman–Crippen LogP) is 5.16. The molecule has 0 fully saturated rings. The zero-order chi connectivity index (χ0) is 21.3. The average Bonchev–Trinajstić information content (AvgIpc) is 2.72. The summed E-state index contributed by atoms with van der Waals surface area (Å²) in [5.41, 5.74) is 6.72. The maximum atomic E-state index is 12.8. The van der Waals surface area contributed by atoms with Crippen LogP contribution >= 0.6 is 11.6 Å². The number of hydrogen-bond donors (Lipinski definition) is 3. The first-order valence-electron chi connectivity index (χ1n) is 8.54. The molecule has 152 valence electrons. The third kappa shape index (κ3) is 3.90. The summed E-state index contributed by atoms with van der Waals surface area (Å²) in [6, 6.07) is 10.1. The molecule has 0 spiro atoms. The van der Waals surface area contributed by atoms with Crippen molar-refractivity contribution in [2.75, 3.05) is 16.4 Å². The molecule has 0 saturated heterocycles. The molecule has 1 aromatic carbocycles. The van der Waals surface area contributed by atoms with Crippen LogP contribution in [0, 0.1) is 0 Å². The van der Waals surface area contributed by atoms with Gasteiger partial charge in [-0.25, -0.2) is 15.0 Å². The van der Waals surface area contributed by atoms with Crippen molar-refractivity contribution >= 4 is 51.3 Å². The van der Waals surface area contributed by atoms with E-state index in [0.717, 1.165) is 17.0 Å². The van der Waals surface area contributed by atoms with Crippen molar-refractivity contribution in [3.05, 3.63) is 65.7 Å². The Morgan fingerprint density at radius 3 is 2.37 bits per heavy atom. The van der Waals surface area contributed by atoms with Crippen molar-refractivity contribution in [2.45, 2.75) is 6.18 Å². The number of benzene rings is 1. The fourth-order valence-corrected chi connectivity index (χ4v) is 2.94. The van der Waals surface area contributed by atoms with E-state index in [9.17, 15) is 13.2 Å². The second-order valence-electron chi connectivity index (χ2n) is 6.17. The van der Waals surface area contributed by atoms with E-state index >= 15 is 0 Å². The molecule has 7 nitrogen and oxygen atoms in total. The zero-order valence-electron chi connectivity index (χ0n) is 15.1. The van der Waals surface area contributed by atoms with Gasteiger partial charge in [0, 0.05) is 17.8 Å². The van der Waals surface area contributed by atoms with E-state index < -0.39 is 11.7 Å². The first-order chi connectivity index (χ1) is 14.3. The molecule has 0 aliphatic rings. The Morgan fingerprint density at radius 2 is 1.63 bits per heavy atom. The molecular weight excluding hydrogens is 419 g/mol. The number of nitrogen functional groups attached to an aromatic ring is 1. The summed E-state index contributed by atoms with van der Waals surface area (Å²) in [4.78, 5) is 16.2. The lowest BCUT2D eigenvalue weighted by atomic mass is 10.2. The van der Waals surface area contributed by atoms with Crippen molar-refractivity contribution in [1.29, 1.82) is 0 Å². The van der Waals surface area contributed by atoms with Crippen LogP contribution in [-0.2, 0) is 6.18 Å². The van der Waals surface area contributed by atoms with Crippen molar-refractivity contribution in [2.24, 2.45) is 0 Å². The molecule has 0 aliphatic heterocycles. The molecule has 0 radical (unpaired) electrons. The van der Waals surface area contributed by atoms with Crippen LogP contribution in [0.5, 0.6) is 0 Å². The number of hydrogen-bond acceptors (Lipinski definition) is 7. The van der Waals surface area contributed by atoms with Crippen LogP contribution in [0.2, 0.25) is 5.02 Å². The summed E-state index contributed by atoms with van der Waals surface area (Å²) in [6.45, 7) is 0. The van der Waals surface area contributed by atoms with Crippen molar-refractivity contribution in [3.63, 3.8) is 0 Å². The smallest absolute Gasteiger partial charge is 0.393 e. The van der Waals surface area contributed by atoms with E-state index in [-0.39, 0.29) is 28.2 Å². The molecule has 4 N–H and O–H groups in total. The molecule has 4 rings (SSSR count). The molecule has 0 amide bonds. The van der Waals surface area contributed by atoms with Crippen molar-refractivity contribution in [3.8, 4) is 0 Å². The molecule has 0 bridgehead atoms. The Labute approximate surface area is 173 Å². The molecule has 4 aromatic rings. The summed E-state index contributed by atoms with van der Waals surface area (Å²) in [6.07, 6.45) is -0.959. The van der Waals surface area contributed by atoms with Gasteiger partial charge in [-0.3, -0.25) is 4.98 Å². The highest BCUT2D eigenvalue weighted by molar-refractivity contribution is 6.33. The molecule has 3 aromatic heterocycles. The largest absolute Gasteiger partial charge is 0.417 e. The summed E-state index contributed by atoms with van der Waals surface area (Å²) in [5, 5.41) is 6.54. The van der Waals surface area contributed by atoms with E-state index in [2.05, 4.69) is 30.6 Å². The van der Waals surface area contributed by atoms with Gasteiger partial charge in [-0.1, -0.05) is 29.8 Å². The molecule has 0 atom stereocenters. The highest BCUT2D eigenvalue weighted by Crippen LogP contribution is 2.35. The van der Waals surface area contributed by atoms with Crippen LogP contribution in [-0.4, -0.2) is 19.9 Å². The number of halogens is 4. The van der Waals surface area contributed by atoms with E-state index in [1.807, 2.05) is 30.3 Å². The molecule has 3 heterocycles. The number of pyridine rings is 2. The Bertz CT molecular complexity index is 1230. The van der Waals surface area contributed by atoms with Crippen LogP contribution in [0.1, 0.15) is 5.56 Å². The quantitative estimate of drug-likeness (QED) is 0.410. The summed E-state index contributed by atoms with van der Waals surface area (Å²) in [7, 11) is 0. The van der Waals surface area contributed by atoms with Gasteiger partial charge in [0.25, 0.3) is 0 Å². The Hall–Kier alpha value is -3.66. The van der Waals surface area contributed by atoms with Crippen LogP contribution in [0.15, 0.2) is 55.1 Å². The van der Waals surface area contributed by atoms with Gasteiger partial charge in [0.05, 0.1) is 21.8 Å². The minimum absolute atomic E-state index is 0.0205. The van der Waals surface area contributed by atoms with E-state index in [1.54, 1.807) is 6.20 Å². The van der Waals surface area contributed by atoms with Crippen LogP contribution < -0.4 is 16.4 Å². The Kier molecular flexibility index (Phi) is 5.00. The summed E-state index contributed by atoms with van der Waals surface area (Å²) in [5.74, 6) is 0.399. The van der Waals surface area contributed by atoms with Gasteiger partial charge in [0.1, 0.15) is 17.8 Å². The van der Waals surface area contributed by atoms with Gasteiger partial charge in [0.2, 0.25) is 0 Å². The molecule has 30 heavy (non-hydrogen) atoms. The molecule has 0 saturated carbocycles. The normalized spacial score (nSPS) is 11.5. The topological polar surface area (TPSA) is 102 Å². The number of fused-ring (bicyclic) bond motifs is 1. The van der Waals surface area contributed by atoms with Crippen molar-refractivity contribution in [1.82, 2.24) is 19.9 Å². The van der Waals surface area contributed by atoms with E-state index in [1.165, 1.54) is 6.33 Å². The van der Waals surface area contributed by atoms with Gasteiger partial charge < -0.3 is 16.4 Å².